The van der Waals surface area contributed by atoms with Crippen molar-refractivity contribution in [3.63, 3.8) is 0 Å². The summed E-state index contributed by atoms with van der Waals surface area (Å²) < 4.78 is 0. The second kappa shape index (κ2) is 7.08. The molecule has 1 saturated heterocycles. The van der Waals surface area contributed by atoms with E-state index in [9.17, 15) is 4.79 Å². The maximum atomic E-state index is 10.9. The summed E-state index contributed by atoms with van der Waals surface area (Å²) in [4.78, 5) is 19.4. The molecular weight excluding hydrogens is 228 g/mol. The van der Waals surface area contributed by atoms with E-state index in [-0.39, 0.29) is 0 Å². The maximum Gasteiger partial charge on any atom is 0.209 e. The molecule has 0 aliphatic carbocycles. The lowest BCUT2D eigenvalue weighted by atomic mass is 10.3. The molecule has 0 bridgehead atoms. The van der Waals surface area contributed by atoms with E-state index in [1.54, 1.807) is 0 Å². The smallest absolute Gasteiger partial charge is 0.209 e. The molecule has 1 aromatic rings. The number of nitrogens with zero attached hydrogens (tertiary/aromatic N) is 3. The average molecular weight is 248 g/mol. The van der Waals surface area contributed by atoms with Crippen LogP contribution in [-0.2, 0) is 11.3 Å². The van der Waals surface area contributed by atoms with E-state index in [0.29, 0.717) is 0 Å². The predicted octanol–water partition coefficient (Wildman–Crippen LogP) is -0.0548. The predicted molar refractivity (Wildman–Crippen MR) is 70.0 cm³/mol. The second-order valence-electron chi connectivity index (χ2n) is 4.49. The van der Waals surface area contributed by atoms with E-state index in [1.807, 2.05) is 29.3 Å². The number of pyridine rings is 1. The van der Waals surface area contributed by atoms with Crippen LogP contribution < -0.4 is 5.32 Å². The van der Waals surface area contributed by atoms with E-state index in [4.69, 9.17) is 0 Å². The quantitative estimate of drug-likeness (QED) is 0.762. The lowest BCUT2D eigenvalue weighted by molar-refractivity contribution is -0.118. The van der Waals surface area contributed by atoms with Crippen LogP contribution in [0, 0.1) is 0 Å². The number of amides is 1. The summed E-state index contributed by atoms with van der Waals surface area (Å²) >= 11 is 0. The number of carbonyl (C=O) groups is 1. The normalized spacial score (nSPS) is 18.8. The van der Waals surface area contributed by atoms with Crippen LogP contribution in [0.5, 0.6) is 0 Å². The van der Waals surface area contributed by atoms with Crippen LogP contribution in [0.2, 0.25) is 0 Å². The lowest BCUT2D eigenvalue weighted by Gasteiger charge is -2.23. The van der Waals surface area contributed by atoms with Crippen molar-refractivity contribution >= 4 is 6.41 Å². The first-order valence-corrected chi connectivity index (χ1v) is 6.41. The van der Waals surface area contributed by atoms with Gasteiger partial charge in [0.25, 0.3) is 0 Å². The highest BCUT2D eigenvalue weighted by molar-refractivity contribution is 5.46. The largest absolute Gasteiger partial charge is 0.343 e. The number of hydrogen-bond acceptors (Lipinski definition) is 4. The number of nitrogens with one attached hydrogen (secondary N) is 1. The van der Waals surface area contributed by atoms with Gasteiger partial charge in [-0.05, 0) is 12.1 Å². The molecular formula is C13H20N4O. The van der Waals surface area contributed by atoms with Gasteiger partial charge in [0.05, 0.1) is 5.69 Å². The molecule has 5 heteroatoms. The Morgan fingerprint density at radius 2 is 2.11 bits per heavy atom. The van der Waals surface area contributed by atoms with Crippen LogP contribution in [0.25, 0.3) is 0 Å². The van der Waals surface area contributed by atoms with Crippen LogP contribution in [0.15, 0.2) is 24.4 Å². The van der Waals surface area contributed by atoms with Gasteiger partial charge in [-0.1, -0.05) is 6.07 Å². The van der Waals surface area contributed by atoms with E-state index >= 15 is 0 Å². The molecule has 0 radical (unpaired) electrons. The molecule has 5 nitrogen and oxygen atoms in total. The molecule has 0 aromatic carbocycles. The molecule has 1 aliphatic rings. The Morgan fingerprint density at radius 1 is 1.22 bits per heavy atom. The summed E-state index contributed by atoms with van der Waals surface area (Å²) in [5.74, 6) is 0. The van der Waals surface area contributed by atoms with Crippen LogP contribution in [0.1, 0.15) is 5.69 Å². The summed E-state index contributed by atoms with van der Waals surface area (Å²) in [6, 6.07) is 5.98. The SMILES string of the molecule is O=CN1CCNCCN(Cc2ccccn2)CC1. The van der Waals surface area contributed by atoms with Gasteiger partial charge < -0.3 is 10.2 Å². The van der Waals surface area contributed by atoms with Gasteiger partial charge in [-0.2, -0.15) is 0 Å². The number of aromatic nitrogens is 1. The zero-order valence-corrected chi connectivity index (χ0v) is 10.6. The van der Waals surface area contributed by atoms with Crippen molar-refractivity contribution in [2.75, 3.05) is 39.3 Å². The molecule has 1 N–H and O–H groups in total. The molecule has 2 rings (SSSR count). The lowest BCUT2D eigenvalue weighted by Crippen LogP contribution is -2.35. The fourth-order valence-corrected chi connectivity index (χ4v) is 2.06. The van der Waals surface area contributed by atoms with Crippen LogP contribution in [0.3, 0.4) is 0 Å². The van der Waals surface area contributed by atoms with Gasteiger partial charge in [-0.3, -0.25) is 14.7 Å². The van der Waals surface area contributed by atoms with Crippen molar-refractivity contribution in [2.45, 2.75) is 6.54 Å². The van der Waals surface area contributed by atoms with E-state index < -0.39 is 0 Å². The molecule has 0 unspecified atom stereocenters. The fourth-order valence-electron chi connectivity index (χ4n) is 2.06. The minimum Gasteiger partial charge on any atom is -0.343 e. The fraction of sp³-hybridized carbons (Fsp3) is 0.538. The van der Waals surface area contributed by atoms with E-state index in [2.05, 4.69) is 15.2 Å². The van der Waals surface area contributed by atoms with E-state index in [0.717, 1.165) is 57.9 Å². The van der Waals surface area contributed by atoms with Gasteiger partial charge >= 0.3 is 0 Å². The second-order valence-corrected chi connectivity index (χ2v) is 4.49. The summed E-state index contributed by atoms with van der Waals surface area (Å²) in [6.07, 6.45) is 2.76. The molecule has 0 saturated carbocycles. The van der Waals surface area contributed by atoms with Crippen molar-refractivity contribution in [3.8, 4) is 0 Å². The molecule has 1 aromatic heterocycles. The summed E-state index contributed by atoms with van der Waals surface area (Å²) in [5, 5.41) is 3.34. The third-order valence-corrected chi connectivity index (χ3v) is 3.14. The van der Waals surface area contributed by atoms with Crippen LogP contribution in [0.4, 0.5) is 0 Å². The summed E-state index contributed by atoms with van der Waals surface area (Å²) in [7, 11) is 0. The zero-order valence-electron chi connectivity index (χ0n) is 10.6. The van der Waals surface area contributed by atoms with Crippen molar-refractivity contribution in [1.29, 1.82) is 0 Å². The number of hydrogen-bond donors (Lipinski definition) is 1. The van der Waals surface area contributed by atoms with Crippen molar-refractivity contribution in [3.05, 3.63) is 30.1 Å². The Bertz CT molecular complexity index is 357. The van der Waals surface area contributed by atoms with Gasteiger partial charge in [-0.15, -0.1) is 0 Å². The maximum absolute atomic E-state index is 10.9. The average Bonchev–Trinajstić information content (AvgIpc) is 2.52. The Labute approximate surface area is 108 Å². The van der Waals surface area contributed by atoms with Gasteiger partial charge in [0.2, 0.25) is 6.41 Å². The van der Waals surface area contributed by atoms with Crippen molar-refractivity contribution in [1.82, 2.24) is 20.1 Å². The molecule has 2 heterocycles. The highest BCUT2D eigenvalue weighted by Gasteiger charge is 2.11. The third-order valence-electron chi connectivity index (χ3n) is 3.14. The van der Waals surface area contributed by atoms with Gasteiger partial charge in [-0.25, -0.2) is 0 Å². The Morgan fingerprint density at radius 3 is 2.89 bits per heavy atom. The van der Waals surface area contributed by atoms with Crippen molar-refractivity contribution < 1.29 is 4.79 Å². The first kappa shape index (κ1) is 13.0. The first-order chi connectivity index (χ1) is 8.88. The minimum atomic E-state index is 0.790. The van der Waals surface area contributed by atoms with Crippen molar-refractivity contribution in [2.24, 2.45) is 0 Å². The molecule has 1 fully saturated rings. The summed E-state index contributed by atoms with van der Waals surface area (Å²) in [6.45, 7) is 6.14. The Hall–Kier alpha value is -1.46. The first-order valence-electron chi connectivity index (χ1n) is 6.41. The standard InChI is InChI=1S/C13H20N4O/c18-12-17-8-6-14-5-7-16(9-10-17)11-13-3-1-2-4-15-13/h1-4,12,14H,5-11H2. The minimum absolute atomic E-state index is 0.790. The molecule has 18 heavy (non-hydrogen) atoms. The number of rotatable bonds is 3. The summed E-state index contributed by atoms with van der Waals surface area (Å²) in [5.41, 5.74) is 1.08. The number of carbonyl (C=O) groups excluding carboxylic acids is 1. The van der Waals surface area contributed by atoms with E-state index in [1.165, 1.54) is 0 Å². The topological polar surface area (TPSA) is 48.5 Å². The molecule has 1 aliphatic heterocycles. The van der Waals surface area contributed by atoms with Crippen LogP contribution in [-0.4, -0.2) is 60.5 Å². The molecule has 0 atom stereocenters. The Balaban J connectivity index is 1.91. The monoisotopic (exact) mass is 248 g/mol. The molecule has 0 spiro atoms. The molecule has 98 valence electrons. The Kier molecular flexibility index (Phi) is 5.11. The highest BCUT2D eigenvalue weighted by atomic mass is 16.1. The third kappa shape index (κ3) is 4.09. The van der Waals surface area contributed by atoms with Gasteiger partial charge in [0, 0.05) is 52.0 Å². The molecule has 1 amide bonds. The van der Waals surface area contributed by atoms with Gasteiger partial charge in [0.15, 0.2) is 0 Å². The van der Waals surface area contributed by atoms with Crippen LogP contribution >= 0.6 is 0 Å². The van der Waals surface area contributed by atoms with Gasteiger partial charge in [0.1, 0.15) is 0 Å². The zero-order chi connectivity index (χ0) is 12.6. The highest BCUT2D eigenvalue weighted by Crippen LogP contribution is 2.01.